The van der Waals surface area contributed by atoms with Gasteiger partial charge in [-0.1, -0.05) is 29.3 Å². The number of carbonyl (C=O) groups is 2. The first-order valence-electron chi connectivity index (χ1n) is 7.00. The van der Waals surface area contributed by atoms with Gasteiger partial charge in [-0.05, 0) is 43.3 Å². The number of carbonyl (C=O) groups excluding carboxylic acids is 2. The van der Waals surface area contributed by atoms with Gasteiger partial charge in [0.1, 0.15) is 6.04 Å². The zero-order valence-corrected chi connectivity index (χ0v) is 12.8. The number of benzene rings is 2. The smallest absolute Gasteiger partial charge is 0.256 e. The minimum Gasteiger partial charge on any atom is -0.373 e. The molecule has 22 heavy (non-hydrogen) atoms. The number of imide groups is 1. The number of hydrogen-bond donors (Lipinski definition) is 1. The highest BCUT2D eigenvalue weighted by molar-refractivity contribution is 6.30. The van der Waals surface area contributed by atoms with Gasteiger partial charge >= 0.3 is 0 Å². The lowest BCUT2D eigenvalue weighted by molar-refractivity contribution is -0.121. The highest BCUT2D eigenvalue weighted by Crippen LogP contribution is 2.25. The number of anilines is 2. The van der Waals surface area contributed by atoms with Crippen LogP contribution in [0.2, 0.25) is 5.02 Å². The van der Waals surface area contributed by atoms with Crippen LogP contribution in [0.3, 0.4) is 0 Å². The minimum atomic E-state index is -0.546. The number of aryl methyl sites for hydroxylation is 1. The minimum absolute atomic E-state index is 0.148. The summed E-state index contributed by atoms with van der Waals surface area (Å²) in [6.45, 7) is 1.96. The van der Waals surface area contributed by atoms with Crippen molar-refractivity contribution < 1.29 is 9.59 Å². The van der Waals surface area contributed by atoms with Gasteiger partial charge < -0.3 is 5.32 Å². The third-order valence-electron chi connectivity index (χ3n) is 3.62. The van der Waals surface area contributed by atoms with Gasteiger partial charge in [-0.3, -0.25) is 9.59 Å². The lowest BCUT2D eigenvalue weighted by Crippen LogP contribution is -2.34. The van der Waals surface area contributed by atoms with Gasteiger partial charge in [-0.2, -0.15) is 0 Å². The Hall–Kier alpha value is -2.33. The maximum atomic E-state index is 12.5. The molecule has 0 radical (unpaired) electrons. The van der Waals surface area contributed by atoms with Gasteiger partial charge in [0.15, 0.2) is 0 Å². The molecule has 4 nitrogen and oxygen atoms in total. The molecule has 2 amide bonds. The quantitative estimate of drug-likeness (QED) is 0.883. The molecular weight excluding hydrogens is 300 g/mol. The Kier molecular flexibility index (Phi) is 3.86. The van der Waals surface area contributed by atoms with Crippen molar-refractivity contribution in [3.05, 3.63) is 59.1 Å². The van der Waals surface area contributed by atoms with Gasteiger partial charge in [-0.25, -0.2) is 4.90 Å². The summed E-state index contributed by atoms with van der Waals surface area (Å²) in [7, 11) is 0. The van der Waals surface area contributed by atoms with Crippen LogP contribution in [0.1, 0.15) is 12.0 Å². The molecule has 5 heteroatoms. The van der Waals surface area contributed by atoms with Crippen LogP contribution in [-0.2, 0) is 9.59 Å². The predicted octanol–water partition coefficient (Wildman–Crippen LogP) is 3.39. The summed E-state index contributed by atoms with van der Waals surface area (Å²) in [6, 6.07) is 13.8. The van der Waals surface area contributed by atoms with E-state index in [1.54, 1.807) is 36.4 Å². The Balaban J connectivity index is 1.79. The fraction of sp³-hybridized carbons (Fsp3) is 0.176. The van der Waals surface area contributed by atoms with E-state index in [4.69, 9.17) is 11.6 Å². The molecule has 2 aromatic rings. The van der Waals surface area contributed by atoms with E-state index in [0.717, 1.165) is 11.3 Å². The second-order valence-electron chi connectivity index (χ2n) is 5.31. The second kappa shape index (κ2) is 5.81. The van der Waals surface area contributed by atoms with Crippen LogP contribution in [-0.4, -0.2) is 17.9 Å². The normalized spacial score (nSPS) is 17.9. The third kappa shape index (κ3) is 2.83. The summed E-state index contributed by atoms with van der Waals surface area (Å²) in [4.78, 5) is 25.9. The largest absolute Gasteiger partial charge is 0.373 e. The van der Waals surface area contributed by atoms with Crippen LogP contribution in [0.25, 0.3) is 0 Å². The zero-order valence-electron chi connectivity index (χ0n) is 12.0. The van der Waals surface area contributed by atoms with Crippen LogP contribution < -0.4 is 10.2 Å². The lowest BCUT2D eigenvalue weighted by atomic mass is 10.2. The summed E-state index contributed by atoms with van der Waals surface area (Å²) >= 11 is 5.84. The van der Waals surface area contributed by atoms with Crippen molar-refractivity contribution in [2.75, 3.05) is 10.2 Å². The Morgan fingerprint density at radius 2 is 1.68 bits per heavy atom. The number of nitrogens with one attached hydrogen (secondary N) is 1. The molecule has 1 fully saturated rings. The van der Waals surface area contributed by atoms with E-state index in [9.17, 15) is 9.59 Å². The van der Waals surface area contributed by atoms with Crippen LogP contribution in [0, 0.1) is 6.92 Å². The highest BCUT2D eigenvalue weighted by atomic mass is 35.5. The topological polar surface area (TPSA) is 49.4 Å². The van der Waals surface area contributed by atoms with Gasteiger partial charge in [0.05, 0.1) is 12.1 Å². The highest BCUT2D eigenvalue weighted by Gasteiger charge is 2.39. The molecule has 1 aliphatic rings. The van der Waals surface area contributed by atoms with Crippen LogP contribution in [0.4, 0.5) is 11.4 Å². The maximum absolute atomic E-state index is 12.5. The number of nitrogens with zero attached hydrogens (tertiary/aromatic N) is 1. The summed E-state index contributed by atoms with van der Waals surface area (Å²) in [5, 5.41) is 3.71. The third-order valence-corrected chi connectivity index (χ3v) is 3.88. The van der Waals surface area contributed by atoms with E-state index in [-0.39, 0.29) is 18.2 Å². The number of halogens is 1. The first-order valence-corrected chi connectivity index (χ1v) is 7.38. The molecule has 2 aromatic carbocycles. The van der Waals surface area contributed by atoms with Crippen molar-refractivity contribution in [1.29, 1.82) is 0 Å². The number of hydrogen-bond acceptors (Lipinski definition) is 3. The van der Waals surface area contributed by atoms with E-state index < -0.39 is 6.04 Å². The number of amides is 2. The van der Waals surface area contributed by atoms with Crippen molar-refractivity contribution >= 4 is 34.8 Å². The lowest BCUT2D eigenvalue weighted by Gasteiger charge is -2.16. The predicted molar refractivity (Wildman–Crippen MR) is 87.2 cm³/mol. The van der Waals surface area contributed by atoms with Crippen LogP contribution in [0.15, 0.2) is 48.5 Å². The first kappa shape index (κ1) is 14.6. The molecule has 0 aliphatic carbocycles. The summed E-state index contributed by atoms with van der Waals surface area (Å²) in [5.74, 6) is -0.427. The molecule has 1 saturated heterocycles. The Labute approximate surface area is 133 Å². The Morgan fingerprint density at radius 3 is 2.32 bits per heavy atom. The average molecular weight is 315 g/mol. The standard InChI is InChI=1S/C17H15ClN2O2/c1-11-2-8-14(9-3-11)20-16(21)10-15(17(20)22)19-13-6-4-12(18)5-7-13/h2-9,15,19H,10H2,1H3. The van der Waals surface area contributed by atoms with Crippen LogP contribution in [0.5, 0.6) is 0 Å². The number of rotatable bonds is 3. The Bertz CT molecular complexity index is 710. The summed E-state index contributed by atoms with van der Waals surface area (Å²) in [6.07, 6.45) is 0.148. The molecule has 1 aliphatic heterocycles. The fourth-order valence-electron chi connectivity index (χ4n) is 2.46. The second-order valence-corrected chi connectivity index (χ2v) is 5.75. The van der Waals surface area contributed by atoms with Crippen molar-refractivity contribution in [2.45, 2.75) is 19.4 Å². The SMILES string of the molecule is Cc1ccc(N2C(=O)CC(Nc3ccc(Cl)cc3)C2=O)cc1. The van der Waals surface area contributed by atoms with Crippen LogP contribution >= 0.6 is 11.6 Å². The first-order chi connectivity index (χ1) is 10.5. The average Bonchev–Trinajstić information content (AvgIpc) is 2.77. The monoisotopic (exact) mass is 314 g/mol. The zero-order chi connectivity index (χ0) is 15.7. The van der Waals surface area contributed by atoms with Gasteiger partial charge in [0, 0.05) is 10.7 Å². The van der Waals surface area contributed by atoms with Gasteiger partial charge in [0.2, 0.25) is 5.91 Å². The molecule has 1 N–H and O–H groups in total. The molecule has 1 atom stereocenters. The molecule has 1 heterocycles. The van der Waals surface area contributed by atoms with E-state index in [1.807, 2.05) is 19.1 Å². The Morgan fingerprint density at radius 1 is 1.05 bits per heavy atom. The van der Waals surface area contributed by atoms with Crippen molar-refractivity contribution in [1.82, 2.24) is 0 Å². The summed E-state index contributed by atoms with van der Waals surface area (Å²) < 4.78 is 0. The van der Waals surface area contributed by atoms with E-state index in [2.05, 4.69) is 5.32 Å². The summed E-state index contributed by atoms with van der Waals surface area (Å²) in [5.41, 5.74) is 2.46. The molecule has 3 rings (SSSR count). The van der Waals surface area contributed by atoms with Crippen molar-refractivity contribution in [2.24, 2.45) is 0 Å². The van der Waals surface area contributed by atoms with E-state index in [1.165, 1.54) is 4.90 Å². The molecule has 0 bridgehead atoms. The molecule has 0 spiro atoms. The molecule has 0 saturated carbocycles. The molecule has 0 aromatic heterocycles. The molecule has 112 valence electrons. The maximum Gasteiger partial charge on any atom is 0.256 e. The van der Waals surface area contributed by atoms with Crippen molar-refractivity contribution in [3.8, 4) is 0 Å². The molecule has 1 unspecified atom stereocenters. The molecular formula is C17H15ClN2O2. The fourth-order valence-corrected chi connectivity index (χ4v) is 2.58. The van der Waals surface area contributed by atoms with E-state index in [0.29, 0.717) is 10.7 Å². The van der Waals surface area contributed by atoms with Crippen molar-refractivity contribution in [3.63, 3.8) is 0 Å². The van der Waals surface area contributed by atoms with Gasteiger partial charge in [0.25, 0.3) is 5.91 Å². The van der Waals surface area contributed by atoms with Gasteiger partial charge in [-0.15, -0.1) is 0 Å². The van der Waals surface area contributed by atoms with E-state index >= 15 is 0 Å².